The Balaban J connectivity index is 2.40. The van der Waals surface area contributed by atoms with E-state index in [1.807, 2.05) is 31.2 Å². The van der Waals surface area contributed by atoms with Crippen molar-refractivity contribution in [2.24, 2.45) is 0 Å². The zero-order valence-electron chi connectivity index (χ0n) is 9.97. The summed E-state index contributed by atoms with van der Waals surface area (Å²) in [6.45, 7) is 1.92. The van der Waals surface area contributed by atoms with Gasteiger partial charge in [-0.25, -0.2) is 4.98 Å². The molecule has 0 fully saturated rings. The highest BCUT2D eigenvalue weighted by atomic mass is 16.5. The van der Waals surface area contributed by atoms with Gasteiger partial charge in [0, 0.05) is 12.4 Å². The maximum Gasteiger partial charge on any atom is 0.147 e. The third-order valence-electron chi connectivity index (χ3n) is 2.97. The van der Waals surface area contributed by atoms with Gasteiger partial charge in [-0.2, -0.15) is 0 Å². The maximum absolute atomic E-state index is 10.7. The summed E-state index contributed by atoms with van der Waals surface area (Å²) in [6.07, 6.45) is 3.89. The van der Waals surface area contributed by atoms with Crippen molar-refractivity contribution in [3.05, 3.63) is 48.0 Å². The lowest BCUT2D eigenvalue weighted by Gasteiger charge is -2.25. The van der Waals surface area contributed by atoms with Crippen molar-refractivity contribution in [3.63, 3.8) is 0 Å². The Labute approximate surface area is 100 Å². The first-order valence-electron chi connectivity index (χ1n) is 5.57. The number of ether oxygens (including phenoxy) is 1. The first-order valence-corrected chi connectivity index (χ1v) is 5.57. The lowest BCUT2D eigenvalue weighted by atomic mass is 9.90. The fourth-order valence-electron chi connectivity index (χ4n) is 1.87. The average Bonchev–Trinajstić information content (AvgIpc) is 2.92. The maximum atomic E-state index is 10.7. The van der Waals surface area contributed by atoms with E-state index < -0.39 is 5.60 Å². The number of imidazole rings is 1. The zero-order chi connectivity index (χ0) is 12.3. The minimum absolute atomic E-state index is 0.548. The quantitative estimate of drug-likeness (QED) is 0.848. The molecule has 2 aromatic rings. The molecule has 17 heavy (non-hydrogen) atoms. The van der Waals surface area contributed by atoms with Gasteiger partial charge in [-0.3, -0.25) is 0 Å². The van der Waals surface area contributed by atoms with Crippen LogP contribution >= 0.6 is 0 Å². The largest absolute Gasteiger partial charge is 0.497 e. The van der Waals surface area contributed by atoms with Gasteiger partial charge in [0.2, 0.25) is 0 Å². The van der Waals surface area contributed by atoms with Crippen LogP contribution in [0.5, 0.6) is 5.75 Å². The molecule has 2 N–H and O–H groups in total. The number of H-pyrrole nitrogens is 1. The number of aliphatic hydroxyl groups is 1. The number of benzene rings is 1. The molecule has 0 bridgehead atoms. The van der Waals surface area contributed by atoms with Crippen molar-refractivity contribution in [3.8, 4) is 5.75 Å². The molecule has 1 aromatic heterocycles. The van der Waals surface area contributed by atoms with Crippen LogP contribution in [0.1, 0.15) is 24.7 Å². The predicted molar refractivity (Wildman–Crippen MR) is 64.9 cm³/mol. The molecule has 0 aliphatic rings. The van der Waals surface area contributed by atoms with Crippen LogP contribution in [-0.2, 0) is 5.60 Å². The van der Waals surface area contributed by atoms with Crippen LogP contribution in [0, 0.1) is 0 Å². The molecule has 90 valence electrons. The molecule has 0 aliphatic carbocycles. The molecule has 1 heterocycles. The third-order valence-corrected chi connectivity index (χ3v) is 2.97. The molecular formula is C13H16N2O2. The summed E-state index contributed by atoms with van der Waals surface area (Å²) in [5, 5.41) is 10.7. The fraction of sp³-hybridized carbons (Fsp3) is 0.308. The van der Waals surface area contributed by atoms with Gasteiger partial charge < -0.3 is 14.8 Å². The van der Waals surface area contributed by atoms with Crippen molar-refractivity contribution >= 4 is 0 Å². The van der Waals surface area contributed by atoms with Crippen molar-refractivity contribution in [1.29, 1.82) is 0 Å². The molecule has 0 aliphatic heterocycles. The second kappa shape index (κ2) is 4.59. The summed E-state index contributed by atoms with van der Waals surface area (Å²) in [4.78, 5) is 7.10. The number of methoxy groups -OCH3 is 1. The van der Waals surface area contributed by atoms with Gasteiger partial charge >= 0.3 is 0 Å². The monoisotopic (exact) mass is 232 g/mol. The van der Waals surface area contributed by atoms with Gasteiger partial charge in [0.15, 0.2) is 0 Å². The predicted octanol–water partition coefficient (Wildman–Crippen LogP) is 2.06. The Morgan fingerprint density at radius 2 is 2.06 bits per heavy atom. The van der Waals surface area contributed by atoms with Gasteiger partial charge in [-0.1, -0.05) is 19.1 Å². The number of aromatic nitrogens is 2. The van der Waals surface area contributed by atoms with Gasteiger partial charge in [-0.15, -0.1) is 0 Å². The van der Waals surface area contributed by atoms with Crippen LogP contribution in [-0.4, -0.2) is 22.2 Å². The molecule has 0 unspecified atom stereocenters. The molecule has 0 radical (unpaired) electrons. The van der Waals surface area contributed by atoms with Gasteiger partial charge in [0.25, 0.3) is 0 Å². The zero-order valence-corrected chi connectivity index (χ0v) is 9.97. The highest BCUT2D eigenvalue weighted by Gasteiger charge is 2.31. The topological polar surface area (TPSA) is 58.1 Å². The smallest absolute Gasteiger partial charge is 0.147 e. The van der Waals surface area contributed by atoms with E-state index in [1.54, 1.807) is 19.5 Å². The molecule has 0 saturated heterocycles. The number of aromatic amines is 1. The summed E-state index contributed by atoms with van der Waals surface area (Å²) in [5.41, 5.74) is -0.272. The van der Waals surface area contributed by atoms with E-state index in [1.165, 1.54) is 0 Å². The van der Waals surface area contributed by atoms with E-state index in [0.717, 1.165) is 11.3 Å². The number of hydrogen-bond acceptors (Lipinski definition) is 3. The fourth-order valence-corrected chi connectivity index (χ4v) is 1.87. The number of nitrogens with zero attached hydrogens (tertiary/aromatic N) is 1. The molecule has 4 heteroatoms. The van der Waals surface area contributed by atoms with Crippen LogP contribution in [0.15, 0.2) is 36.7 Å². The number of nitrogens with one attached hydrogen (secondary N) is 1. The molecular weight excluding hydrogens is 216 g/mol. The summed E-state index contributed by atoms with van der Waals surface area (Å²) in [7, 11) is 1.62. The van der Waals surface area contributed by atoms with E-state index in [9.17, 15) is 5.11 Å². The van der Waals surface area contributed by atoms with E-state index in [4.69, 9.17) is 4.74 Å². The molecule has 1 aromatic carbocycles. The lowest BCUT2D eigenvalue weighted by Crippen LogP contribution is -2.27. The van der Waals surface area contributed by atoms with Crippen molar-refractivity contribution < 1.29 is 9.84 Å². The van der Waals surface area contributed by atoms with Crippen LogP contribution in [0.4, 0.5) is 0 Å². The normalized spacial score (nSPS) is 14.3. The minimum atomic E-state index is -1.07. The number of rotatable bonds is 4. The first-order chi connectivity index (χ1) is 8.20. The van der Waals surface area contributed by atoms with Crippen molar-refractivity contribution in [1.82, 2.24) is 9.97 Å². The molecule has 0 spiro atoms. The number of hydrogen-bond donors (Lipinski definition) is 2. The average molecular weight is 232 g/mol. The van der Waals surface area contributed by atoms with E-state index in [0.29, 0.717) is 12.2 Å². The Morgan fingerprint density at radius 1 is 1.35 bits per heavy atom. The molecule has 2 rings (SSSR count). The molecule has 0 amide bonds. The Hall–Kier alpha value is -1.81. The summed E-state index contributed by atoms with van der Waals surface area (Å²) >= 11 is 0. The van der Waals surface area contributed by atoms with Gasteiger partial charge in [-0.05, 0) is 24.1 Å². The summed E-state index contributed by atoms with van der Waals surface area (Å²) in [5.74, 6) is 1.33. The van der Waals surface area contributed by atoms with Crippen LogP contribution in [0.3, 0.4) is 0 Å². The van der Waals surface area contributed by atoms with E-state index >= 15 is 0 Å². The second-order valence-electron chi connectivity index (χ2n) is 3.88. The second-order valence-corrected chi connectivity index (χ2v) is 3.88. The Kier molecular flexibility index (Phi) is 3.15. The minimum Gasteiger partial charge on any atom is -0.497 e. The summed E-state index contributed by atoms with van der Waals surface area (Å²) in [6, 6.07) is 7.37. The standard InChI is InChI=1S/C13H16N2O2/c1-3-13(16,12-14-8-9-15-12)10-4-6-11(17-2)7-5-10/h4-9,16H,3H2,1-2H3,(H,14,15)/t13-/m0/s1. The molecule has 1 atom stereocenters. The van der Waals surface area contributed by atoms with Crippen molar-refractivity contribution in [2.75, 3.05) is 7.11 Å². The third kappa shape index (κ3) is 2.03. The van der Waals surface area contributed by atoms with Crippen molar-refractivity contribution in [2.45, 2.75) is 18.9 Å². The van der Waals surface area contributed by atoms with E-state index in [2.05, 4.69) is 9.97 Å². The molecule has 0 saturated carbocycles. The Bertz CT molecular complexity index is 465. The van der Waals surface area contributed by atoms with Gasteiger partial charge in [0.05, 0.1) is 7.11 Å². The lowest BCUT2D eigenvalue weighted by molar-refractivity contribution is 0.0678. The van der Waals surface area contributed by atoms with Crippen LogP contribution in [0.2, 0.25) is 0 Å². The highest BCUT2D eigenvalue weighted by Crippen LogP contribution is 2.31. The van der Waals surface area contributed by atoms with Crippen LogP contribution < -0.4 is 4.74 Å². The molecule has 4 nitrogen and oxygen atoms in total. The summed E-state index contributed by atoms with van der Waals surface area (Å²) < 4.78 is 5.10. The van der Waals surface area contributed by atoms with Gasteiger partial charge in [0.1, 0.15) is 17.2 Å². The SMILES string of the molecule is CC[C@](O)(c1ccc(OC)cc1)c1ncc[nH]1. The first kappa shape index (κ1) is 11.7. The highest BCUT2D eigenvalue weighted by molar-refractivity contribution is 5.34. The Morgan fingerprint density at radius 3 is 2.53 bits per heavy atom. The van der Waals surface area contributed by atoms with Crippen LogP contribution in [0.25, 0.3) is 0 Å². The van der Waals surface area contributed by atoms with E-state index in [-0.39, 0.29) is 0 Å².